The molecule has 0 aromatic carbocycles. The van der Waals surface area contributed by atoms with Gasteiger partial charge in [0, 0.05) is 21.1 Å². The quantitative estimate of drug-likeness (QED) is 0.377. The molecule has 6 heteroatoms. The van der Waals surface area contributed by atoms with Gasteiger partial charge < -0.3 is 26.6 Å². The van der Waals surface area contributed by atoms with Gasteiger partial charge in [0.25, 0.3) is 0 Å². The Bertz CT molecular complexity index is 30.8. The van der Waals surface area contributed by atoms with E-state index in [0.717, 1.165) is 0 Å². The fraction of sp³-hybridized carbons (Fsp3) is 1.00. The zero-order valence-electron chi connectivity index (χ0n) is 12.9. The molecule has 0 saturated heterocycles. The molecule has 0 aliphatic rings. The first kappa shape index (κ1) is 36.0. The molecule has 0 aromatic rings. The summed E-state index contributed by atoms with van der Waals surface area (Å²) < 4.78 is 0. The minimum atomic E-state index is 0. The van der Waals surface area contributed by atoms with Gasteiger partial charge in [-0.25, -0.2) is 0 Å². The molecule has 0 bridgehead atoms. The smallest absolute Gasteiger partial charge is 0 e. The standard InChI is InChI=1S/5C2H7N.Mo/c5*1-3-2;/h5*3H,1-2H3;. The number of rotatable bonds is 0. The molecule has 5 N–H and O–H groups in total. The van der Waals surface area contributed by atoms with Crippen LogP contribution in [0.15, 0.2) is 0 Å². The monoisotopic (exact) mass is 323 g/mol. The molecule has 0 amide bonds. The topological polar surface area (TPSA) is 60.1 Å². The van der Waals surface area contributed by atoms with Gasteiger partial charge in [-0.3, -0.25) is 0 Å². The van der Waals surface area contributed by atoms with Gasteiger partial charge in [0.05, 0.1) is 0 Å². The Kier molecular flexibility index (Phi) is 243. The van der Waals surface area contributed by atoms with Crippen molar-refractivity contribution in [2.45, 2.75) is 0 Å². The maximum atomic E-state index is 2.75. The largest absolute Gasteiger partial charge is 0.323 e. The van der Waals surface area contributed by atoms with E-state index in [9.17, 15) is 0 Å². The molecule has 5 nitrogen and oxygen atoms in total. The third kappa shape index (κ3) is 11100. The van der Waals surface area contributed by atoms with Crippen LogP contribution in [0.3, 0.4) is 0 Å². The maximum Gasteiger partial charge on any atom is 0 e. The zero-order valence-corrected chi connectivity index (χ0v) is 14.9. The van der Waals surface area contributed by atoms with Crippen LogP contribution >= 0.6 is 0 Å². The van der Waals surface area contributed by atoms with E-state index in [1.165, 1.54) is 0 Å². The minimum Gasteiger partial charge on any atom is -0.323 e. The third-order valence-corrected chi connectivity index (χ3v) is 0. The molecule has 0 atom stereocenters. The Hall–Kier alpha value is 0.488. The van der Waals surface area contributed by atoms with Gasteiger partial charge in [0.15, 0.2) is 0 Å². The van der Waals surface area contributed by atoms with Crippen LogP contribution < -0.4 is 26.6 Å². The summed E-state index contributed by atoms with van der Waals surface area (Å²) >= 11 is 0. The fourth-order valence-electron chi connectivity index (χ4n) is 0. The Labute approximate surface area is 118 Å². The van der Waals surface area contributed by atoms with Gasteiger partial charge in [0.2, 0.25) is 0 Å². The summed E-state index contributed by atoms with van der Waals surface area (Å²) in [6.45, 7) is 0. The van der Waals surface area contributed by atoms with Crippen LogP contribution in [0.25, 0.3) is 0 Å². The van der Waals surface area contributed by atoms with E-state index in [-0.39, 0.29) is 21.1 Å². The fourth-order valence-corrected chi connectivity index (χ4v) is 0. The normalized spacial score (nSPS) is 5.62. The summed E-state index contributed by atoms with van der Waals surface area (Å²) in [5.41, 5.74) is 0. The number of hydrogen-bond donors (Lipinski definition) is 5. The second kappa shape index (κ2) is 108. The Morgan fingerprint density at radius 1 is 0.312 bits per heavy atom. The van der Waals surface area contributed by atoms with Gasteiger partial charge in [-0.1, -0.05) is 0 Å². The van der Waals surface area contributed by atoms with Crippen molar-refractivity contribution in [2.24, 2.45) is 0 Å². The first-order chi connectivity index (χ1) is 7.07. The SMILES string of the molecule is CNC.CNC.CNC.CNC.CNC.[Mo]. The predicted octanol–water partition coefficient (Wildman–Crippen LogP) is -0.824. The molecule has 0 aliphatic heterocycles. The molecule has 0 unspecified atom stereocenters. The molecule has 0 aromatic heterocycles. The summed E-state index contributed by atoms with van der Waals surface area (Å²) in [5, 5.41) is 13.8. The van der Waals surface area contributed by atoms with Crippen molar-refractivity contribution < 1.29 is 21.1 Å². The molecule has 0 aliphatic carbocycles. The molecular formula is C10H35MoN5. The molecule has 0 rings (SSSR count). The van der Waals surface area contributed by atoms with Crippen LogP contribution in [0.4, 0.5) is 0 Å². The van der Waals surface area contributed by atoms with E-state index in [4.69, 9.17) is 0 Å². The Balaban J connectivity index is -0.0000000192. The van der Waals surface area contributed by atoms with Gasteiger partial charge in [-0.2, -0.15) is 0 Å². The first-order valence-corrected chi connectivity index (χ1v) is 5.00. The van der Waals surface area contributed by atoms with E-state index >= 15 is 0 Å². The van der Waals surface area contributed by atoms with Crippen molar-refractivity contribution in [2.75, 3.05) is 70.5 Å². The van der Waals surface area contributed by atoms with Crippen LogP contribution in [0.5, 0.6) is 0 Å². The van der Waals surface area contributed by atoms with E-state index in [1.807, 2.05) is 70.5 Å². The van der Waals surface area contributed by atoms with Gasteiger partial charge in [-0.15, -0.1) is 0 Å². The van der Waals surface area contributed by atoms with Crippen molar-refractivity contribution in [1.82, 2.24) is 26.6 Å². The molecule has 0 saturated carbocycles. The summed E-state index contributed by atoms with van der Waals surface area (Å²) in [4.78, 5) is 0. The summed E-state index contributed by atoms with van der Waals surface area (Å²) in [6, 6.07) is 0. The molecule has 0 heterocycles. The minimum absolute atomic E-state index is 0. The van der Waals surface area contributed by atoms with Gasteiger partial charge >= 0.3 is 0 Å². The number of hydrogen-bond acceptors (Lipinski definition) is 5. The van der Waals surface area contributed by atoms with Gasteiger partial charge in [-0.05, 0) is 70.5 Å². The summed E-state index contributed by atoms with van der Waals surface area (Å²) in [5.74, 6) is 0. The first-order valence-electron chi connectivity index (χ1n) is 5.00. The van der Waals surface area contributed by atoms with E-state index in [0.29, 0.717) is 0 Å². The summed E-state index contributed by atoms with van der Waals surface area (Å²) in [7, 11) is 18.8. The van der Waals surface area contributed by atoms with Crippen LogP contribution in [0.1, 0.15) is 0 Å². The van der Waals surface area contributed by atoms with E-state index in [1.54, 1.807) is 0 Å². The van der Waals surface area contributed by atoms with Crippen LogP contribution in [0, 0.1) is 0 Å². The molecule has 16 heavy (non-hydrogen) atoms. The van der Waals surface area contributed by atoms with Gasteiger partial charge in [0.1, 0.15) is 0 Å². The maximum absolute atomic E-state index is 2.75. The predicted molar refractivity (Wildman–Crippen MR) is 74.9 cm³/mol. The van der Waals surface area contributed by atoms with E-state index in [2.05, 4.69) is 26.6 Å². The Morgan fingerprint density at radius 3 is 0.312 bits per heavy atom. The second-order valence-electron chi connectivity index (χ2n) is 2.50. The molecule has 106 valence electrons. The molecule has 0 radical (unpaired) electrons. The molecule has 0 spiro atoms. The van der Waals surface area contributed by atoms with Crippen LogP contribution in [0.2, 0.25) is 0 Å². The van der Waals surface area contributed by atoms with Crippen molar-refractivity contribution in [3.8, 4) is 0 Å². The van der Waals surface area contributed by atoms with Crippen molar-refractivity contribution in [3.05, 3.63) is 0 Å². The second-order valence-corrected chi connectivity index (χ2v) is 2.50. The summed E-state index contributed by atoms with van der Waals surface area (Å²) in [6.07, 6.45) is 0. The average Bonchev–Trinajstić information content (AvgIpc) is 2.09. The Morgan fingerprint density at radius 2 is 0.312 bits per heavy atom. The average molecular weight is 321 g/mol. The zero-order chi connectivity index (χ0) is 13.5. The number of nitrogens with one attached hydrogen (secondary N) is 5. The van der Waals surface area contributed by atoms with Crippen molar-refractivity contribution >= 4 is 0 Å². The van der Waals surface area contributed by atoms with Crippen LogP contribution in [-0.4, -0.2) is 70.5 Å². The van der Waals surface area contributed by atoms with Crippen molar-refractivity contribution in [3.63, 3.8) is 0 Å². The molecular weight excluding hydrogens is 286 g/mol. The molecule has 0 fully saturated rings. The third-order valence-electron chi connectivity index (χ3n) is 0. The van der Waals surface area contributed by atoms with Crippen molar-refractivity contribution in [1.29, 1.82) is 0 Å². The van der Waals surface area contributed by atoms with Crippen LogP contribution in [-0.2, 0) is 21.1 Å². The van der Waals surface area contributed by atoms with E-state index < -0.39 is 0 Å².